The van der Waals surface area contributed by atoms with Gasteiger partial charge >= 0.3 is 0 Å². The van der Waals surface area contributed by atoms with Gasteiger partial charge in [-0.2, -0.15) is 0 Å². The first kappa shape index (κ1) is 14.9. The molecule has 1 N–H and O–H groups in total. The van der Waals surface area contributed by atoms with Gasteiger partial charge < -0.3 is 10.1 Å². The highest BCUT2D eigenvalue weighted by Gasteiger charge is 2.22. The van der Waals surface area contributed by atoms with Gasteiger partial charge in [0.15, 0.2) is 5.82 Å². The van der Waals surface area contributed by atoms with Crippen LogP contribution in [0.3, 0.4) is 0 Å². The Morgan fingerprint density at radius 3 is 2.67 bits per heavy atom. The molecule has 2 aromatic carbocycles. The summed E-state index contributed by atoms with van der Waals surface area (Å²) in [5.74, 6) is 0.304. The fourth-order valence-corrected chi connectivity index (χ4v) is 3.19. The van der Waals surface area contributed by atoms with Crippen molar-refractivity contribution in [2.24, 2.45) is 0 Å². The highest BCUT2D eigenvalue weighted by molar-refractivity contribution is 9.10. The predicted octanol–water partition coefficient (Wildman–Crippen LogP) is 5.31. The Hall–Kier alpha value is -0.970. The van der Waals surface area contributed by atoms with Crippen LogP contribution in [0.5, 0.6) is 5.75 Å². The third-order valence-electron chi connectivity index (χ3n) is 3.28. The molecule has 2 nitrogen and oxygen atoms in total. The molecule has 0 saturated carbocycles. The minimum atomic E-state index is -0.599. The Kier molecular flexibility index (Phi) is 4.29. The van der Waals surface area contributed by atoms with E-state index >= 15 is 0 Å². The van der Waals surface area contributed by atoms with Crippen LogP contribution in [0.2, 0.25) is 10.0 Å². The van der Waals surface area contributed by atoms with Crippen LogP contribution in [-0.4, -0.2) is 12.6 Å². The first-order valence-electron chi connectivity index (χ1n) is 6.36. The van der Waals surface area contributed by atoms with E-state index in [0.29, 0.717) is 12.2 Å². The molecular weight excluding hydrogens is 380 g/mol. The van der Waals surface area contributed by atoms with Crippen molar-refractivity contribution in [1.82, 2.24) is 0 Å². The number of benzene rings is 2. The zero-order chi connectivity index (χ0) is 15.0. The standard InChI is InChI=1S/C15H11BrCl2FNO/c16-9-1-2-14-8(3-9)4-11(21-14)7-20-10-5-12(17)15(19)13(18)6-10/h1-3,5-6,11,20H,4,7H2. The van der Waals surface area contributed by atoms with Crippen molar-refractivity contribution < 1.29 is 9.13 Å². The van der Waals surface area contributed by atoms with Gasteiger partial charge in [-0.15, -0.1) is 0 Å². The lowest BCUT2D eigenvalue weighted by molar-refractivity contribution is 0.246. The van der Waals surface area contributed by atoms with Crippen molar-refractivity contribution >= 4 is 44.8 Å². The van der Waals surface area contributed by atoms with Crippen molar-refractivity contribution in [3.8, 4) is 5.75 Å². The van der Waals surface area contributed by atoms with Gasteiger partial charge in [0, 0.05) is 16.6 Å². The quantitative estimate of drug-likeness (QED) is 0.717. The molecule has 0 saturated heterocycles. The van der Waals surface area contributed by atoms with Crippen LogP contribution < -0.4 is 10.1 Å². The van der Waals surface area contributed by atoms with Crippen molar-refractivity contribution in [2.45, 2.75) is 12.5 Å². The molecule has 1 unspecified atom stereocenters. The predicted molar refractivity (Wildman–Crippen MR) is 87.2 cm³/mol. The van der Waals surface area contributed by atoms with Crippen LogP contribution in [0, 0.1) is 5.82 Å². The first-order valence-corrected chi connectivity index (χ1v) is 7.91. The van der Waals surface area contributed by atoms with Crippen LogP contribution in [0.1, 0.15) is 5.56 Å². The van der Waals surface area contributed by atoms with Crippen molar-refractivity contribution in [3.05, 3.63) is 56.2 Å². The second kappa shape index (κ2) is 6.03. The van der Waals surface area contributed by atoms with Crippen LogP contribution >= 0.6 is 39.1 Å². The molecule has 21 heavy (non-hydrogen) atoms. The van der Waals surface area contributed by atoms with Gasteiger partial charge in [-0.1, -0.05) is 39.1 Å². The summed E-state index contributed by atoms with van der Waals surface area (Å²) in [5.41, 5.74) is 1.85. The fourth-order valence-electron chi connectivity index (χ4n) is 2.29. The van der Waals surface area contributed by atoms with Crippen molar-refractivity contribution in [2.75, 3.05) is 11.9 Å². The summed E-state index contributed by atoms with van der Waals surface area (Å²) in [6.45, 7) is 0.588. The van der Waals surface area contributed by atoms with Gasteiger partial charge in [-0.3, -0.25) is 0 Å². The molecule has 0 amide bonds. The topological polar surface area (TPSA) is 21.3 Å². The minimum absolute atomic E-state index is 0.00422. The van der Waals surface area contributed by atoms with Crippen LogP contribution in [0.25, 0.3) is 0 Å². The second-order valence-corrected chi connectivity index (χ2v) is 6.56. The van der Waals surface area contributed by atoms with E-state index in [1.54, 1.807) is 0 Å². The second-order valence-electron chi connectivity index (χ2n) is 4.83. The summed E-state index contributed by atoms with van der Waals surface area (Å²) in [5, 5.41) is 3.18. The Balaban J connectivity index is 1.65. The molecule has 1 aliphatic heterocycles. The summed E-state index contributed by atoms with van der Waals surface area (Å²) in [4.78, 5) is 0. The average molecular weight is 391 g/mol. The number of rotatable bonds is 3. The van der Waals surface area contributed by atoms with Gasteiger partial charge in [0.25, 0.3) is 0 Å². The molecule has 0 aliphatic carbocycles. The normalized spacial score (nSPS) is 16.5. The zero-order valence-electron chi connectivity index (χ0n) is 10.8. The molecule has 0 bridgehead atoms. The van der Waals surface area contributed by atoms with E-state index in [2.05, 4.69) is 27.3 Å². The number of nitrogens with one attached hydrogen (secondary N) is 1. The van der Waals surface area contributed by atoms with E-state index in [1.165, 1.54) is 17.7 Å². The number of halogens is 4. The maximum absolute atomic E-state index is 13.3. The number of hydrogen-bond acceptors (Lipinski definition) is 2. The van der Waals surface area contributed by atoms with Gasteiger partial charge in [-0.25, -0.2) is 4.39 Å². The molecule has 0 fully saturated rings. The highest BCUT2D eigenvalue weighted by atomic mass is 79.9. The number of fused-ring (bicyclic) bond motifs is 1. The maximum Gasteiger partial charge on any atom is 0.160 e. The van der Waals surface area contributed by atoms with Gasteiger partial charge in [-0.05, 0) is 35.9 Å². The average Bonchev–Trinajstić information content (AvgIpc) is 2.84. The first-order chi connectivity index (χ1) is 10.0. The molecule has 1 atom stereocenters. The summed E-state index contributed by atoms with van der Waals surface area (Å²) < 4.78 is 20.2. The molecule has 1 aliphatic rings. The Labute approximate surface area is 140 Å². The smallest absolute Gasteiger partial charge is 0.160 e. The largest absolute Gasteiger partial charge is 0.488 e. The highest BCUT2D eigenvalue weighted by Crippen LogP contribution is 2.32. The van der Waals surface area contributed by atoms with Gasteiger partial charge in [0.1, 0.15) is 11.9 Å². The van der Waals surface area contributed by atoms with E-state index in [1.807, 2.05) is 12.1 Å². The van der Waals surface area contributed by atoms with E-state index in [-0.39, 0.29) is 16.1 Å². The van der Waals surface area contributed by atoms with Crippen molar-refractivity contribution in [3.63, 3.8) is 0 Å². The number of ether oxygens (including phenoxy) is 1. The summed E-state index contributed by atoms with van der Waals surface area (Å²) in [6.07, 6.45) is 0.849. The molecule has 0 spiro atoms. The Morgan fingerprint density at radius 2 is 1.95 bits per heavy atom. The zero-order valence-corrected chi connectivity index (χ0v) is 13.9. The molecular formula is C15H11BrCl2FNO. The number of anilines is 1. The summed E-state index contributed by atoms with van der Waals surface area (Å²) in [6, 6.07) is 8.99. The molecule has 2 aromatic rings. The molecule has 0 radical (unpaired) electrons. The van der Waals surface area contributed by atoms with Crippen LogP contribution in [-0.2, 0) is 6.42 Å². The third-order valence-corrected chi connectivity index (χ3v) is 4.32. The van der Waals surface area contributed by atoms with E-state index < -0.39 is 5.82 Å². The Bertz CT molecular complexity index is 672. The van der Waals surface area contributed by atoms with Crippen LogP contribution in [0.15, 0.2) is 34.8 Å². The molecule has 1 heterocycles. The van der Waals surface area contributed by atoms with E-state index in [0.717, 1.165) is 16.6 Å². The SMILES string of the molecule is Fc1c(Cl)cc(NCC2Cc3cc(Br)ccc3O2)cc1Cl. The van der Waals surface area contributed by atoms with E-state index in [4.69, 9.17) is 27.9 Å². The fraction of sp³-hybridized carbons (Fsp3) is 0.200. The number of hydrogen-bond donors (Lipinski definition) is 1. The van der Waals surface area contributed by atoms with Gasteiger partial charge in [0.05, 0.1) is 16.6 Å². The summed E-state index contributed by atoms with van der Waals surface area (Å²) in [7, 11) is 0. The molecule has 6 heteroatoms. The lowest BCUT2D eigenvalue weighted by Gasteiger charge is -2.13. The van der Waals surface area contributed by atoms with Crippen molar-refractivity contribution in [1.29, 1.82) is 0 Å². The summed E-state index contributed by atoms with van der Waals surface area (Å²) >= 11 is 15.0. The lowest BCUT2D eigenvalue weighted by atomic mass is 10.1. The molecule has 110 valence electrons. The lowest BCUT2D eigenvalue weighted by Crippen LogP contribution is -2.23. The van der Waals surface area contributed by atoms with Crippen LogP contribution in [0.4, 0.5) is 10.1 Å². The van der Waals surface area contributed by atoms with E-state index in [9.17, 15) is 4.39 Å². The monoisotopic (exact) mass is 389 g/mol. The van der Waals surface area contributed by atoms with Gasteiger partial charge in [0.2, 0.25) is 0 Å². The third kappa shape index (κ3) is 3.28. The minimum Gasteiger partial charge on any atom is -0.488 e. The molecule has 0 aromatic heterocycles. The molecule has 3 rings (SSSR count). The maximum atomic E-state index is 13.3. The Morgan fingerprint density at radius 1 is 1.24 bits per heavy atom.